The Balaban J connectivity index is 2.76. The second-order valence-corrected chi connectivity index (χ2v) is 5.23. The first-order valence-corrected chi connectivity index (χ1v) is 5.53. The summed E-state index contributed by atoms with van der Waals surface area (Å²) < 4.78 is 0. The Labute approximate surface area is 95.9 Å². The van der Waals surface area contributed by atoms with Crippen molar-refractivity contribution < 1.29 is 5.11 Å². The zero-order valence-electron chi connectivity index (χ0n) is 5.80. The lowest BCUT2D eigenvalue weighted by Gasteiger charge is -2.38. The van der Waals surface area contributed by atoms with Gasteiger partial charge in [-0.2, -0.15) is 0 Å². The van der Waals surface area contributed by atoms with Crippen LogP contribution in [0.3, 0.4) is 0 Å². The number of aliphatic hydroxyl groups is 1. The Bertz CT molecular complexity index is 107. The van der Waals surface area contributed by atoms with E-state index in [1.165, 1.54) is 0 Å². The second kappa shape index (κ2) is 4.29. The van der Waals surface area contributed by atoms with Gasteiger partial charge in [0.2, 0.25) is 0 Å². The van der Waals surface area contributed by atoms with Gasteiger partial charge in [-0.15, -0.1) is 58.0 Å². The highest BCUT2D eigenvalue weighted by molar-refractivity contribution is 6.41. The lowest BCUT2D eigenvalue weighted by Crippen LogP contribution is -2.54. The maximum Gasteiger partial charge on any atom is 0.0896 e. The molecule has 0 amide bonds. The minimum Gasteiger partial charge on any atom is -0.390 e. The average molecular weight is 272 g/mol. The van der Waals surface area contributed by atoms with Gasteiger partial charge >= 0.3 is 0 Å². The third-order valence-corrected chi connectivity index (χ3v) is 5.07. The van der Waals surface area contributed by atoms with Crippen LogP contribution in [0.4, 0.5) is 0 Å². The Kier molecular flexibility index (Phi) is 4.10. The molecule has 1 fully saturated rings. The van der Waals surface area contributed by atoms with Gasteiger partial charge in [0.05, 0.1) is 33.0 Å². The van der Waals surface area contributed by atoms with Crippen molar-refractivity contribution >= 4 is 58.0 Å². The summed E-state index contributed by atoms with van der Waals surface area (Å²) in [6, 6.07) is 0. The third-order valence-electron chi connectivity index (χ3n) is 1.87. The van der Waals surface area contributed by atoms with Crippen LogP contribution in [0.1, 0.15) is 0 Å². The van der Waals surface area contributed by atoms with Crippen LogP contribution >= 0.6 is 58.0 Å². The summed E-state index contributed by atoms with van der Waals surface area (Å²) in [6.45, 7) is 0. The van der Waals surface area contributed by atoms with Crippen LogP contribution in [0.25, 0.3) is 0 Å². The van der Waals surface area contributed by atoms with Gasteiger partial charge < -0.3 is 5.11 Å². The van der Waals surface area contributed by atoms with Crippen molar-refractivity contribution in [1.82, 2.24) is 0 Å². The fraction of sp³-hybridized carbons (Fsp3) is 1.00. The zero-order valence-corrected chi connectivity index (χ0v) is 9.58. The molecule has 0 bridgehead atoms. The molecule has 6 atom stereocenters. The molecule has 0 saturated heterocycles. The van der Waals surface area contributed by atoms with E-state index in [1.54, 1.807) is 0 Å². The lowest BCUT2D eigenvalue weighted by molar-refractivity contribution is 0.143. The number of hydrogen-bond acceptors (Lipinski definition) is 1. The number of rotatable bonds is 0. The number of halogens is 5. The molecule has 0 aromatic carbocycles. The van der Waals surface area contributed by atoms with E-state index in [1.807, 2.05) is 0 Å². The first-order chi connectivity index (χ1) is 5.46. The summed E-state index contributed by atoms with van der Waals surface area (Å²) >= 11 is 29.0. The molecular formula is C6H7Cl5O. The minimum atomic E-state index is -0.909. The monoisotopic (exact) mass is 270 g/mol. The van der Waals surface area contributed by atoms with E-state index >= 15 is 0 Å². The molecule has 1 aliphatic carbocycles. The first-order valence-electron chi connectivity index (χ1n) is 3.35. The van der Waals surface area contributed by atoms with Crippen molar-refractivity contribution in [3.05, 3.63) is 0 Å². The molecule has 0 aromatic rings. The van der Waals surface area contributed by atoms with Crippen molar-refractivity contribution in [2.24, 2.45) is 0 Å². The predicted molar refractivity (Wildman–Crippen MR) is 54.2 cm³/mol. The molecule has 1 aliphatic rings. The van der Waals surface area contributed by atoms with Gasteiger partial charge in [0.15, 0.2) is 0 Å². The number of aliphatic hydroxyl groups excluding tert-OH is 1. The summed E-state index contributed by atoms with van der Waals surface area (Å²) in [4.78, 5) is 0. The average Bonchev–Trinajstić information content (AvgIpc) is 2.08. The summed E-state index contributed by atoms with van der Waals surface area (Å²) in [5.74, 6) is 0. The summed E-state index contributed by atoms with van der Waals surface area (Å²) in [7, 11) is 0. The highest BCUT2D eigenvalue weighted by Crippen LogP contribution is 2.37. The van der Waals surface area contributed by atoms with Gasteiger partial charge in [-0.25, -0.2) is 0 Å². The van der Waals surface area contributed by atoms with Crippen LogP contribution in [0.5, 0.6) is 0 Å². The van der Waals surface area contributed by atoms with E-state index in [0.29, 0.717) is 0 Å². The van der Waals surface area contributed by atoms with Gasteiger partial charge in [-0.3, -0.25) is 0 Å². The predicted octanol–water partition coefficient (Wildman–Crippen LogP) is 2.40. The molecule has 0 radical (unpaired) electrons. The molecule has 1 rings (SSSR count). The largest absolute Gasteiger partial charge is 0.390 e. The zero-order chi connectivity index (χ0) is 9.46. The van der Waals surface area contributed by atoms with Gasteiger partial charge in [-0.05, 0) is 0 Å². The molecule has 72 valence electrons. The summed E-state index contributed by atoms with van der Waals surface area (Å²) in [6.07, 6.45) is -0.909. The SMILES string of the molecule is OC1[C@@H](Cl)[C@H](Cl)C(Cl)[C@H](Cl)[C@H]1Cl. The third kappa shape index (κ3) is 1.92. The first kappa shape index (κ1) is 11.5. The van der Waals surface area contributed by atoms with Crippen LogP contribution in [0.15, 0.2) is 0 Å². The van der Waals surface area contributed by atoms with Gasteiger partial charge in [0.1, 0.15) is 0 Å². The molecule has 0 heterocycles. The highest BCUT2D eigenvalue weighted by Gasteiger charge is 2.46. The van der Waals surface area contributed by atoms with Gasteiger partial charge in [0, 0.05) is 0 Å². The summed E-state index contributed by atoms with van der Waals surface area (Å²) in [5.41, 5.74) is 0. The van der Waals surface area contributed by atoms with E-state index in [9.17, 15) is 5.11 Å². The quantitative estimate of drug-likeness (QED) is 0.671. The molecule has 1 saturated carbocycles. The van der Waals surface area contributed by atoms with Crippen LogP contribution in [0, 0.1) is 0 Å². The maximum absolute atomic E-state index is 9.41. The van der Waals surface area contributed by atoms with E-state index < -0.39 is 33.0 Å². The van der Waals surface area contributed by atoms with Crippen molar-refractivity contribution in [2.75, 3.05) is 0 Å². The molecule has 0 aromatic heterocycles. The van der Waals surface area contributed by atoms with Gasteiger partial charge in [0.25, 0.3) is 0 Å². The molecule has 6 heteroatoms. The maximum atomic E-state index is 9.41. The highest BCUT2D eigenvalue weighted by atomic mass is 35.5. The second-order valence-electron chi connectivity index (χ2n) is 2.71. The fourth-order valence-electron chi connectivity index (χ4n) is 1.08. The molecule has 1 N–H and O–H groups in total. The Hall–Kier alpha value is 1.41. The van der Waals surface area contributed by atoms with Crippen molar-refractivity contribution in [2.45, 2.75) is 33.0 Å². The Morgan fingerprint density at radius 3 is 1.17 bits per heavy atom. The van der Waals surface area contributed by atoms with Gasteiger partial charge in [-0.1, -0.05) is 0 Å². The smallest absolute Gasteiger partial charge is 0.0896 e. The standard InChI is InChI=1S/C6H7Cl5O/c7-1-2(8)4(10)6(12)5(11)3(1)9/h1-6,12H/t1?,2-,3+,4+,5-,6?. The molecular weight excluding hydrogens is 265 g/mol. The van der Waals surface area contributed by atoms with Crippen molar-refractivity contribution in [3.8, 4) is 0 Å². The molecule has 2 unspecified atom stereocenters. The van der Waals surface area contributed by atoms with Crippen molar-refractivity contribution in [3.63, 3.8) is 0 Å². The van der Waals surface area contributed by atoms with Crippen LogP contribution in [-0.2, 0) is 0 Å². The molecule has 0 aliphatic heterocycles. The fourth-order valence-corrected chi connectivity index (χ4v) is 2.93. The van der Waals surface area contributed by atoms with Crippen LogP contribution in [0.2, 0.25) is 0 Å². The number of hydrogen-bond donors (Lipinski definition) is 1. The topological polar surface area (TPSA) is 20.2 Å². The lowest BCUT2D eigenvalue weighted by atomic mass is 9.95. The summed E-state index contributed by atoms with van der Waals surface area (Å²) in [5, 5.41) is 6.50. The van der Waals surface area contributed by atoms with E-state index in [4.69, 9.17) is 58.0 Å². The normalized spacial score (nSPS) is 55.5. The van der Waals surface area contributed by atoms with E-state index in [-0.39, 0.29) is 0 Å². The molecule has 1 nitrogen and oxygen atoms in total. The van der Waals surface area contributed by atoms with Crippen LogP contribution < -0.4 is 0 Å². The Morgan fingerprint density at radius 2 is 0.833 bits per heavy atom. The van der Waals surface area contributed by atoms with Crippen molar-refractivity contribution in [1.29, 1.82) is 0 Å². The molecule has 0 spiro atoms. The Morgan fingerprint density at radius 1 is 0.583 bits per heavy atom. The van der Waals surface area contributed by atoms with E-state index in [2.05, 4.69) is 0 Å². The minimum absolute atomic E-state index is 0.512. The van der Waals surface area contributed by atoms with Crippen LogP contribution in [-0.4, -0.2) is 38.1 Å². The van der Waals surface area contributed by atoms with E-state index in [0.717, 1.165) is 0 Å². The number of alkyl halides is 5. The molecule has 12 heavy (non-hydrogen) atoms.